The van der Waals surface area contributed by atoms with E-state index >= 15 is 0 Å². The van der Waals surface area contributed by atoms with Gasteiger partial charge >= 0.3 is 0 Å². The van der Waals surface area contributed by atoms with Crippen molar-refractivity contribution in [1.29, 1.82) is 5.26 Å². The maximum absolute atomic E-state index is 14.5. The number of amides is 1. The van der Waals surface area contributed by atoms with Crippen molar-refractivity contribution in [2.75, 3.05) is 11.1 Å². The molecule has 5 aromatic rings. The molecule has 0 aliphatic heterocycles. The van der Waals surface area contributed by atoms with Crippen LogP contribution in [-0.4, -0.2) is 26.4 Å². The molecule has 0 radical (unpaired) electrons. The van der Waals surface area contributed by atoms with Crippen LogP contribution in [-0.2, 0) is 11.3 Å². The van der Waals surface area contributed by atoms with Gasteiger partial charge in [-0.3, -0.25) is 9.36 Å². The van der Waals surface area contributed by atoms with Gasteiger partial charge in [-0.05, 0) is 29.8 Å². The minimum atomic E-state index is -0.403. The van der Waals surface area contributed by atoms with E-state index in [2.05, 4.69) is 15.5 Å². The SMILES string of the molecule is N#Cc1oc2ccccc2c1NC(=O)CSc1nnc(-c2ccccc2F)n1Cc1ccccc1. The molecule has 0 saturated carbocycles. The molecule has 35 heavy (non-hydrogen) atoms. The second kappa shape index (κ2) is 9.83. The molecule has 0 saturated heterocycles. The average molecular weight is 484 g/mol. The van der Waals surface area contributed by atoms with E-state index in [4.69, 9.17) is 4.42 Å². The number of hydrogen-bond donors (Lipinski definition) is 1. The van der Waals surface area contributed by atoms with Crippen LogP contribution in [0.1, 0.15) is 11.3 Å². The number of para-hydroxylation sites is 1. The molecule has 0 aliphatic rings. The fourth-order valence-corrected chi connectivity index (χ4v) is 4.44. The number of rotatable bonds is 7. The monoisotopic (exact) mass is 483 g/mol. The number of benzene rings is 3. The Balaban J connectivity index is 1.40. The molecular weight excluding hydrogens is 465 g/mol. The largest absolute Gasteiger partial charge is 0.443 e. The number of nitriles is 1. The smallest absolute Gasteiger partial charge is 0.234 e. The first-order valence-electron chi connectivity index (χ1n) is 10.7. The third kappa shape index (κ3) is 4.65. The predicted octanol–water partition coefficient (Wildman–Crippen LogP) is 5.48. The van der Waals surface area contributed by atoms with Crippen LogP contribution in [0.5, 0.6) is 0 Å². The van der Waals surface area contributed by atoms with Crippen LogP contribution < -0.4 is 5.32 Å². The van der Waals surface area contributed by atoms with Crippen molar-refractivity contribution in [3.63, 3.8) is 0 Å². The van der Waals surface area contributed by atoms with E-state index in [1.165, 1.54) is 17.8 Å². The Morgan fingerprint density at radius 1 is 1.03 bits per heavy atom. The molecule has 0 unspecified atom stereocenters. The number of thioether (sulfide) groups is 1. The second-order valence-electron chi connectivity index (χ2n) is 7.61. The highest BCUT2D eigenvalue weighted by atomic mass is 32.2. The van der Waals surface area contributed by atoms with Crippen LogP contribution in [0.25, 0.3) is 22.4 Å². The van der Waals surface area contributed by atoms with Gasteiger partial charge in [-0.15, -0.1) is 10.2 Å². The maximum Gasteiger partial charge on any atom is 0.234 e. The Morgan fingerprint density at radius 3 is 2.57 bits per heavy atom. The van der Waals surface area contributed by atoms with Gasteiger partial charge in [-0.1, -0.05) is 66.4 Å². The lowest BCUT2D eigenvalue weighted by atomic mass is 10.2. The van der Waals surface area contributed by atoms with Gasteiger partial charge in [0, 0.05) is 5.39 Å². The summed E-state index contributed by atoms with van der Waals surface area (Å²) in [6.07, 6.45) is 0. The van der Waals surface area contributed by atoms with E-state index < -0.39 is 5.82 Å². The molecule has 3 aromatic carbocycles. The summed E-state index contributed by atoms with van der Waals surface area (Å²) in [5.41, 5.74) is 2.17. The third-order valence-corrected chi connectivity index (χ3v) is 6.28. The van der Waals surface area contributed by atoms with E-state index in [9.17, 15) is 14.4 Å². The number of anilines is 1. The summed E-state index contributed by atoms with van der Waals surface area (Å²) in [7, 11) is 0. The molecule has 0 aliphatic carbocycles. The zero-order valence-corrected chi connectivity index (χ0v) is 19.1. The first kappa shape index (κ1) is 22.4. The Morgan fingerprint density at radius 2 is 1.77 bits per heavy atom. The number of hydrogen-bond acceptors (Lipinski definition) is 6. The highest BCUT2D eigenvalue weighted by Gasteiger charge is 2.20. The van der Waals surface area contributed by atoms with Gasteiger partial charge in [0.05, 0.1) is 17.9 Å². The summed E-state index contributed by atoms with van der Waals surface area (Å²) < 4.78 is 21.8. The standard InChI is InChI=1S/C26H18FN5O2S/c27-20-12-6-4-10-18(20)25-30-31-26(32(25)15-17-8-2-1-3-9-17)35-16-23(33)29-24-19-11-5-7-13-21(19)34-22(24)14-28/h1-13H,15-16H2,(H,29,33). The Hall–Kier alpha value is -4.42. The third-order valence-electron chi connectivity index (χ3n) is 5.31. The number of nitrogens with zero attached hydrogens (tertiary/aromatic N) is 4. The van der Waals surface area contributed by atoms with Gasteiger partial charge in [0.2, 0.25) is 11.7 Å². The molecule has 1 N–H and O–H groups in total. The number of carbonyl (C=O) groups is 1. The minimum absolute atomic E-state index is 0.00850. The van der Waals surface area contributed by atoms with E-state index in [1.807, 2.05) is 36.4 Å². The van der Waals surface area contributed by atoms with Crippen molar-refractivity contribution >= 4 is 34.3 Å². The lowest BCUT2D eigenvalue weighted by Gasteiger charge is -2.11. The van der Waals surface area contributed by atoms with Crippen LogP contribution in [0.15, 0.2) is 88.4 Å². The van der Waals surface area contributed by atoms with Crippen molar-refractivity contribution in [2.24, 2.45) is 0 Å². The van der Waals surface area contributed by atoms with Crippen molar-refractivity contribution in [3.05, 3.63) is 96.0 Å². The fraction of sp³-hybridized carbons (Fsp3) is 0.0769. The van der Waals surface area contributed by atoms with Crippen LogP contribution in [0.2, 0.25) is 0 Å². The molecule has 5 rings (SSSR count). The van der Waals surface area contributed by atoms with Crippen LogP contribution in [0.3, 0.4) is 0 Å². The first-order chi connectivity index (χ1) is 17.1. The lowest BCUT2D eigenvalue weighted by molar-refractivity contribution is -0.113. The highest BCUT2D eigenvalue weighted by molar-refractivity contribution is 7.99. The quantitative estimate of drug-likeness (QED) is 0.308. The van der Waals surface area contributed by atoms with E-state index in [0.29, 0.717) is 39.7 Å². The summed E-state index contributed by atoms with van der Waals surface area (Å²) in [5, 5.41) is 21.8. The molecule has 1 amide bonds. The van der Waals surface area contributed by atoms with Crippen LogP contribution >= 0.6 is 11.8 Å². The molecular formula is C26H18FN5O2S. The number of furan rings is 1. The molecule has 172 valence electrons. The van der Waals surface area contributed by atoms with Crippen molar-refractivity contribution in [2.45, 2.75) is 11.7 Å². The van der Waals surface area contributed by atoms with Crippen molar-refractivity contribution < 1.29 is 13.6 Å². The van der Waals surface area contributed by atoms with E-state index in [-0.39, 0.29) is 17.4 Å². The number of nitrogens with one attached hydrogen (secondary N) is 1. The number of halogens is 1. The number of fused-ring (bicyclic) bond motifs is 1. The first-order valence-corrected chi connectivity index (χ1v) is 11.7. The topological polar surface area (TPSA) is 96.7 Å². The molecule has 7 nitrogen and oxygen atoms in total. The molecule has 0 atom stereocenters. The van der Waals surface area contributed by atoms with Gasteiger partial charge in [-0.25, -0.2) is 4.39 Å². The average Bonchev–Trinajstić information content (AvgIpc) is 3.44. The van der Waals surface area contributed by atoms with Crippen molar-refractivity contribution in [1.82, 2.24) is 14.8 Å². The van der Waals surface area contributed by atoms with Gasteiger partial charge in [-0.2, -0.15) is 5.26 Å². The summed E-state index contributed by atoms with van der Waals surface area (Å²) in [6.45, 7) is 0.409. The summed E-state index contributed by atoms with van der Waals surface area (Å²) in [4.78, 5) is 12.8. The molecule has 0 spiro atoms. The zero-order valence-electron chi connectivity index (χ0n) is 18.3. The Kier molecular flexibility index (Phi) is 6.28. The molecule has 9 heteroatoms. The molecule has 2 heterocycles. The second-order valence-corrected chi connectivity index (χ2v) is 8.55. The molecule has 2 aromatic heterocycles. The normalized spacial score (nSPS) is 10.9. The van der Waals surface area contributed by atoms with Gasteiger partial charge in [0.15, 0.2) is 11.0 Å². The van der Waals surface area contributed by atoms with Crippen LogP contribution in [0, 0.1) is 17.1 Å². The Bertz CT molecular complexity index is 1560. The fourth-order valence-electron chi connectivity index (χ4n) is 3.70. The summed E-state index contributed by atoms with van der Waals surface area (Å²) >= 11 is 1.18. The molecule has 0 fully saturated rings. The van der Waals surface area contributed by atoms with E-state index in [0.717, 1.165) is 5.56 Å². The summed E-state index contributed by atoms with van der Waals surface area (Å²) in [6, 6.07) is 25.1. The van der Waals surface area contributed by atoms with Gasteiger partial charge in [0.25, 0.3) is 0 Å². The van der Waals surface area contributed by atoms with Crippen molar-refractivity contribution in [3.8, 4) is 17.5 Å². The number of aromatic nitrogens is 3. The number of carbonyl (C=O) groups excluding carboxylic acids is 1. The maximum atomic E-state index is 14.5. The predicted molar refractivity (Wildman–Crippen MR) is 131 cm³/mol. The van der Waals surface area contributed by atoms with Gasteiger partial charge < -0.3 is 9.73 Å². The molecule has 0 bridgehead atoms. The van der Waals surface area contributed by atoms with E-state index in [1.54, 1.807) is 47.0 Å². The summed E-state index contributed by atoms with van der Waals surface area (Å²) in [5.74, 6) is -0.311. The zero-order chi connectivity index (χ0) is 24.2. The Labute approximate surface area is 204 Å². The van der Waals surface area contributed by atoms with Crippen LogP contribution in [0.4, 0.5) is 10.1 Å². The highest BCUT2D eigenvalue weighted by Crippen LogP contribution is 2.31. The minimum Gasteiger partial charge on any atom is -0.443 e. The lowest BCUT2D eigenvalue weighted by Crippen LogP contribution is -2.15. The van der Waals surface area contributed by atoms with Gasteiger partial charge in [0.1, 0.15) is 23.2 Å².